The highest BCUT2D eigenvalue weighted by molar-refractivity contribution is 6.02. The van der Waals surface area contributed by atoms with Crippen molar-refractivity contribution in [1.29, 1.82) is 10.7 Å². The standard InChI is InChI=1S/C21H21FN6/c1-13(8-23)10-25-12-20-27-19-11-26-18-5-2-14(9-24)6-17(18)21(19)28(20)16-4-3-15(22)7-16/h2,5-6,8,10-11,15-16,23,25H,3-4,7,12H2,1H3/b13-10-,23-8?. The van der Waals surface area contributed by atoms with Crippen molar-refractivity contribution in [3.05, 3.63) is 47.6 Å². The van der Waals surface area contributed by atoms with Crippen molar-refractivity contribution in [2.24, 2.45) is 0 Å². The summed E-state index contributed by atoms with van der Waals surface area (Å²) in [5.41, 5.74) is 3.81. The lowest BCUT2D eigenvalue weighted by atomic mass is 10.1. The third kappa shape index (κ3) is 3.22. The maximum atomic E-state index is 14.0. The number of benzene rings is 1. The minimum absolute atomic E-state index is 0.0287. The molecule has 0 aliphatic heterocycles. The largest absolute Gasteiger partial charge is 0.383 e. The van der Waals surface area contributed by atoms with Gasteiger partial charge in [-0.1, -0.05) is 0 Å². The molecule has 28 heavy (non-hydrogen) atoms. The Kier molecular flexibility index (Phi) is 4.78. The molecule has 1 fully saturated rings. The van der Waals surface area contributed by atoms with Crippen molar-refractivity contribution < 1.29 is 4.39 Å². The predicted octanol–water partition coefficient (Wildman–Crippen LogP) is 4.16. The van der Waals surface area contributed by atoms with Crippen LogP contribution in [-0.2, 0) is 6.54 Å². The molecule has 1 aromatic carbocycles. The summed E-state index contributed by atoms with van der Waals surface area (Å²) in [6, 6.07) is 7.64. The highest BCUT2D eigenvalue weighted by Crippen LogP contribution is 2.37. The number of rotatable bonds is 5. The first kappa shape index (κ1) is 18.1. The molecule has 7 heteroatoms. The lowest BCUT2D eigenvalue weighted by Crippen LogP contribution is -2.16. The zero-order chi connectivity index (χ0) is 19.7. The van der Waals surface area contributed by atoms with Crippen LogP contribution in [0.25, 0.3) is 21.9 Å². The van der Waals surface area contributed by atoms with E-state index in [1.54, 1.807) is 18.5 Å². The van der Waals surface area contributed by atoms with Crippen LogP contribution in [0.5, 0.6) is 0 Å². The highest BCUT2D eigenvalue weighted by atomic mass is 19.1. The molecule has 3 aromatic rings. The van der Waals surface area contributed by atoms with Gasteiger partial charge in [0.25, 0.3) is 0 Å². The number of hydrogen-bond acceptors (Lipinski definition) is 5. The molecule has 0 bridgehead atoms. The number of pyridine rings is 1. The molecular formula is C21H21FN6. The monoisotopic (exact) mass is 376 g/mol. The van der Waals surface area contributed by atoms with Crippen LogP contribution in [0.4, 0.5) is 4.39 Å². The summed E-state index contributed by atoms with van der Waals surface area (Å²) in [6.45, 7) is 2.31. The Morgan fingerprint density at radius 2 is 2.29 bits per heavy atom. The first-order chi connectivity index (χ1) is 13.6. The number of alkyl halides is 1. The lowest BCUT2D eigenvalue weighted by Gasteiger charge is -2.17. The van der Waals surface area contributed by atoms with Crippen LogP contribution in [0.15, 0.2) is 36.2 Å². The minimum atomic E-state index is -0.800. The summed E-state index contributed by atoms with van der Waals surface area (Å²) in [5.74, 6) is 0.805. The summed E-state index contributed by atoms with van der Waals surface area (Å²) in [5, 5.41) is 20.6. The molecule has 0 saturated heterocycles. The van der Waals surface area contributed by atoms with Crippen LogP contribution in [0.3, 0.4) is 0 Å². The quantitative estimate of drug-likeness (QED) is 0.654. The second kappa shape index (κ2) is 7.39. The van der Waals surface area contributed by atoms with E-state index in [1.165, 1.54) is 6.21 Å². The van der Waals surface area contributed by atoms with E-state index in [1.807, 2.05) is 19.1 Å². The second-order valence-electron chi connectivity index (χ2n) is 7.21. The number of allylic oxidation sites excluding steroid dienone is 1. The van der Waals surface area contributed by atoms with Crippen LogP contribution in [0, 0.1) is 16.7 Å². The molecule has 0 amide bonds. The van der Waals surface area contributed by atoms with Gasteiger partial charge in [0.2, 0.25) is 0 Å². The lowest BCUT2D eigenvalue weighted by molar-refractivity contribution is 0.330. The normalized spacial score (nSPS) is 19.8. The molecule has 2 N–H and O–H groups in total. The highest BCUT2D eigenvalue weighted by Gasteiger charge is 2.29. The molecule has 0 radical (unpaired) electrons. The van der Waals surface area contributed by atoms with Crippen LogP contribution >= 0.6 is 0 Å². The van der Waals surface area contributed by atoms with Crippen LogP contribution in [-0.4, -0.2) is 26.9 Å². The van der Waals surface area contributed by atoms with Crippen molar-refractivity contribution in [3.63, 3.8) is 0 Å². The Labute approximate surface area is 162 Å². The number of imidazole rings is 1. The predicted molar refractivity (Wildman–Crippen MR) is 107 cm³/mol. The molecule has 2 atom stereocenters. The van der Waals surface area contributed by atoms with Crippen molar-refractivity contribution in [2.45, 2.75) is 44.9 Å². The summed E-state index contributed by atoms with van der Waals surface area (Å²) in [6.07, 6.45) is 5.77. The van der Waals surface area contributed by atoms with Gasteiger partial charge < -0.3 is 15.3 Å². The molecule has 1 aliphatic carbocycles. The average Bonchev–Trinajstić information content (AvgIpc) is 3.30. The van der Waals surface area contributed by atoms with E-state index in [2.05, 4.69) is 20.9 Å². The smallest absolute Gasteiger partial charge is 0.129 e. The Hall–Kier alpha value is -3.27. The second-order valence-corrected chi connectivity index (χ2v) is 7.21. The van der Waals surface area contributed by atoms with Crippen molar-refractivity contribution >= 4 is 28.2 Å². The average molecular weight is 376 g/mol. The third-order valence-corrected chi connectivity index (χ3v) is 5.24. The number of fused-ring (bicyclic) bond motifs is 3. The third-order valence-electron chi connectivity index (χ3n) is 5.24. The molecule has 2 heterocycles. The van der Waals surface area contributed by atoms with Gasteiger partial charge in [0.1, 0.15) is 17.5 Å². The molecule has 142 valence electrons. The van der Waals surface area contributed by atoms with E-state index in [0.717, 1.165) is 39.8 Å². The van der Waals surface area contributed by atoms with Gasteiger partial charge in [-0.05, 0) is 50.0 Å². The van der Waals surface area contributed by atoms with Crippen molar-refractivity contribution in [1.82, 2.24) is 19.9 Å². The zero-order valence-electron chi connectivity index (χ0n) is 15.6. The molecule has 1 aliphatic rings. The molecule has 6 nitrogen and oxygen atoms in total. The van der Waals surface area contributed by atoms with Crippen LogP contribution in [0.1, 0.15) is 43.6 Å². The number of halogens is 1. The fourth-order valence-electron chi connectivity index (χ4n) is 3.90. The first-order valence-corrected chi connectivity index (χ1v) is 9.35. The van der Waals surface area contributed by atoms with Crippen molar-refractivity contribution in [3.8, 4) is 6.07 Å². The maximum Gasteiger partial charge on any atom is 0.129 e. The Morgan fingerprint density at radius 1 is 1.43 bits per heavy atom. The molecule has 2 unspecified atom stereocenters. The summed E-state index contributed by atoms with van der Waals surface area (Å²) < 4.78 is 16.1. The first-order valence-electron chi connectivity index (χ1n) is 9.35. The Morgan fingerprint density at radius 3 is 3.00 bits per heavy atom. The number of hydrogen-bond donors (Lipinski definition) is 2. The van der Waals surface area contributed by atoms with Gasteiger partial charge in [-0.15, -0.1) is 0 Å². The van der Waals surface area contributed by atoms with Gasteiger partial charge in [-0.2, -0.15) is 5.26 Å². The number of nitrogens with zero attached hydrogens (tertiary/aromatic N) is 4. The van der Waals surface area contributed by atoms with Crippen LogP contribution in [0.2, 0.25) is 0 Å². The van der Waals surface area contributed by atoms with E-state index in [0.29, 0.717) is 24.9 Å². The summed E-state index contributed by atoms with van der Waals surface area (Å²) >= 11 is 0. The van der Waals surface area contributed by atoms with Gasteiger partial charge in [-0.3, -0.25) is 4.98 Å². The van der Waals surface area contributed by atoms with Gasteiger partial charge >= 0.3 is 0 Å². The fourth-order valence-corrected chi connectivity index (χ4v) is 3.90. The van der Waals surface area contributed by atoms with E-state index in [4.69, 9.17) is 10.4 Å². The van der Waals surface area contributed by atoms with Crippen LogP contribution < -0.4 is 5.32 Å². The van der Waals surface area contributed by atoms with E-state index < -0.39 is 6.17 Å². The molecule has 0 spiro atoms. The fraction of sp³-hybridized carbons (Fsp3) is 0.333. The topological polar surface area (TPSA) is 90.4 Å². The maximum absolute atomic E-state index is 14.0. The summed E-state index contributed by atoms with van der Waals surface area (Å²) in [4.78, 5) is 9.24. The number of nitriles is 1. The van der Waals surface area contributed by atoms with Gasteiger partial charge in [0, 0.05) is 23.8 Å². The molecular weight excluding hydrogens is 355 g/mol. The SMILES string of the molecule is C/C(C=N)=C/NCc1nc2cnc3ccc(C#N)cc3c2n1C1CCC(F)C1. The Balaban J connectivity index is 1.89. The molecule has 4 rings (SSSR count). The van der Waals surface area contributed by atoms with Gasteiger partial charge in [0.15, 0.2) is 0 Å². The molecule has 1 saturated carbocycles. The summed E-state index contributed by atoms with van der Waals surface area (Å²) in [7, 11) is 0. The number of nitrogens with one attached hydrogen (secondary N) is 2. The number of aromatic nitrogens is 3. The van der Waals surface area contributed by atoms with Gasteiger partial charge in [0.05, 0.1) is 35.4 Å². The van der Waals surface area contributed by atoms with E-state index in [-0.39, 0.29) is 6.04 Å². The van der Waals surface area contributed by atoms with E-state index in [9.17, 15) is 9.65 Å². The van der Waals surface area contributed by atoms with Crippen molar-refractivity contribution in [2.75, 3.05) is 0 Å². The van der Waals surface area contributed by atoms with E-state index >= 15 is 0 Å². The van der Waals surface area contributed by atoms with Gasteiger partial charge in [-0.25, -0.2) is 9.37 Å². The molecule has 2 aromatic heterocycles. The Bertz CT molecular complexity index is 1120. The minimum Gasteiger partial charge on any atom is -0.383 e. The zero-order valence-corrected chi connectivity index (χ0v) is 15.6.